The van der Waals surface area contributed by atoms with Gasteiger partial charge in [-0.2, -0.15) is 13.2 Å². The Bertz CT molecular complexity index is 1260. The van der Waals surface area contributed by atoms with E-state index in [4.69, 9.17) is 9.15 Å². The number of Topliss-reactive ketones (excluding diaryl/α,β-unsaturated/α-hetero) is 1. The number of benzene rings is 1. The van der Waals surface area contributed by atoms with Crippen LogP contribution in [0.3, 0.4) is 0 Å². The Kier molecular flexibility index (Phi) is 6.56. The first-order chi connectivity index (χ1) is 16.6. The minimum Gasteiger partial charge on any atom is -0.459 e. The van der Waals surface area contributed by atoms with Crippen LogP contribution in [0.25, 0.3) is 5.69 Å². The predicted molar refractivity (Wildman–Crippen MR) is 118 cm³/mol. The van der Waals surface area contributed by atoms with Gasteiger partial charge in [0.15, 0.2) is 12.4 Å². The summed E-state index contributed by atoms with van der Waals surface area (Å²) in [6.45, 7) is 3.10. The molecular weight excluding hydrogens is 465 g/mol. The third kappa shape index (κ3) is 4.87. The van der Waals surface area contributed by atoms with Crippen molar-refractivity contribution in [1.82, 2.24) is 9.47 Å². The first-order valence-electron chi connectivity index (χ1n) is 11.0. The van der Waals surface area contributed by atoms with E-state index in [0.29, 0.717) is 30.8 Å². The second-order valence-corrected chi connectivity index (χ2v) is 8.33. The van der Waals surface area contributed by atoms with Crippen LogP contribution in [0.1, 0.15) is 50.7 Å². The molecule has 184 valence electrons. The van der Waals surface area contributed by atoms with E-state index in [1.54, 1.807) is 30.5 Å². The zero-order valence-electron chi connectivity index (χ0n) is 19.1. The molecule has 0 saturated carbocycles. The molecule has 1 unspecified atom stereocenters. The van der Waals surface area contributed by atoms with Gasteiger partial charge in [0.1, 0.15) is 6.04 Å². The molecule has 1 atom stereocenters. The number of ketones is 1. The van der Waals surface area contributed by atoms with E-state index >= 15 is 0 Å². The zero-order chi connectivity index (χ0) is 25.3. The SMILES string of the molecule is Cc1cc(C(=O)COC(=O)C2CCCN2C(=O)c2ccco2)c(C)n1-c1cccc(C(F)(F)F)c1. The predicted octanol–water partition coefficient (Wildman–Crippen LogP) is 4.74. The van der Waals surface area contributed by atoms with Crippen molar-refractivity contribution >= 4 is 17.7 Å². The molecule has 1 aliphatic heterocycles. The number of alkyl halides is 3. The fourth-order valence-corrected chi connectivity index (χ4v) is 4.37. The summed E-state index contributed by atoms with van der Waals surface area (Å²) in [6.07, 6.45) is -2.11. The third-order valence-corrected chi connectivity index (χ3v) is 6.03. The maximum absolute atomic E-state index is 13.1. The summed E-state index contributed by atoms with van der Waals surface area (Å²) in [5, 5.41) is 0. The largest absolute Gasteiger partial charge is 0.459 e. The lowest BCUT2D eigenvalue weighted by molar-refractivity contribution is -0.147. The van der Waals surface area contributed by atoms with Crippen LogP contribution < -0.4 is 0 Å². The van der Waals surface area contributed by atoms with Gasteiger partial charge in [0.2, 0.25) is 5.78 Å². The van der Waals surface area contributed by atoms with E-state index in [2.05, 4.69) is 0 Å². The lowest BCUT2D eigenvalue weighted by Gasteiger charge is -2.22. The summed E-state index contributed by atoms with van der Waals surface area (Å²) >= 11 is 0. The van der Waals surface area contributed by atoms with Gasteiger partial charge in [0.25, 0.3) is 5.91 Å². The Balaban J connectivity index is 1.46. The summed E-state index contributed by atoms with van der Waals surface area (Å²) in [5.41, 5.74) is 0.696. The van der Waals surface area contributed by atoms with E-state index in [0.717, 1.165) is 12.1 Å². The zero-order valence-corrected chi connectivity index (χ0v) is 19.1. The Morgan fingerprint density at radius 3 is 2.57 bits per heavy atom. The third-order valence-electron chi connectivity index (χ3n) is 6.03. The molecule has 7 nitrogen and oxygen atoms in total. The van der Waals surface area contributed by atoms with Crippen molar-refractivity contribution in [2.45, 2.75) is 38.9 Å². The number of aryl methyl sites for hydroxylation is 1. The fraction of sp³-hybridized carbons (Fsp3) is 0.320. The van der Waals surface area contributed by atoms with Gasteiger partial charge in [-0.1, -0.05) is 6.07 Å². The van der Waals surface area contributed by atoms with Crippen LogP contribution in [-0.2, 0) is 15.7 Å². The molecule has 1 aromatic carbocycles. The molecule has 1 aliphatic rings. The standard InChI is InChI=1S/C25H23F3N2O5/c1-15-12-19(16(2)30(15)18-7-3-6-17(13-18)25(26,27)28)21(31)14-35-24(33)20-8-4-10-29(20)23(32)22-9-5-11-34-22/h3,5-7,9,11-13,20H,4,8,10,14H2,1-2H3. The monoisotopic (exact) mass is 488 g/mol. The number of esters is 1. The summed E-state index contributed by atoms with van der Waals surface area (Å²) in [7, 11) is 0. The molecule has 3 aromatic rings. The summed E-state index contributed by atoms with van der Waals surface area (Å²) in [6, 6.07) is 8.63. The summed E-state index contributed by atoms with van der Waals surface area (Å²) < 4.78 is 51.3. The second kappa shape index (κ2) is 9.44. The minimum atomic E-state index is -4.50. The van der Waals surface area contributed by atoms with Crippen molar-refractivity contribution in [3.8, 4) is 5.69 Å². The number of hydrogen-bond donors (Lipinski definition) is 0. The molecule has 2 aromatic heterocycles. The fourth-order valence-electron chi connectivity index (χ4n) is 4.37. The molecule has 0 N–H and O–H groups in total. The maximum Gasteiger partial charge on any atom is 0.416 e. The van der Waals surface area contributed by atoms with Crippen LogP contribution in [0.4, 0.5) is 13.2 Å². The summed E-state index contributed by atoms with van der Waals surface area (Å²) in [5.74, 6) is -1.50. The highest BCUT2D eigenvalue weighted by molar-refractivity contribution is 6.00. The number of aromatic nitrogens is 1. The Labute approximate surface area is 199 Å². The number of amides is 1. The van der Waals surface area contributed by atoms with E-state index in [-0.39, 0.29) is 17.0 Å². The van der Waals surface area contributed by atoms with Gasteiger partial charge in [-0.25, -0.2) is 4.79 Å². The van der Waals surface area contributed by atoms with Gasteiger partial charge in [-0.3, -0.25) is 9.59 Å². The number of halogens is 3. The number of rotatable bonds is 6. The molecule has 4 rings (SSSR count). The number of ether oxygens (including phenoxy) is 1. The van der Waals surface area contributed by atoms with E-state index in [9.17, 15) is 27.6 Å². The number of carbonyl (C=O) groups is 3. The molecule has 35 heavy (non-hydrogen) atoms. The van der Waals surface area contributed by atoms with Crippen LogP contribution in [0, 0.1) is 13.8 Å². The van der Waals surface area contributed by atoms with Crippen molar-refractivity contribution in [3.63, 3.8) is 0 Å². The first kappa shape index (κ1) is 24.3. The molecule has 3 heterocycles. The molecule has 0 radical (unpaired) electrons. The highest BCUT2D eigenvalue weighted by atomic mass is 19.4. The number of likely N-dealkylation sites (tertiary alicyclic amines) is 1. The van der Waals surface area contributed by atoms with Gasteiger partial charge < -0.3 is 18.6 Å². The Hall–Kier alpha value is -3.82. The molecule has 1 saturated heterocycles. The minimum absolute atomic E-state index is 0.114. The van der Waals surface area contributed by atoms with Crippen molar-refractivity contribution in [2.75, 3.05) is 13.2 Å². The first-order valence-corrected chi connectivity index (χ1v) is 11.0. The van der Waals surface area contributed by atoms with E-state index < -0.39 is 42.0 Å². The number of carbonyl (C=O) groups excluding carboxylic acids is 3. The summed E-state index contributed by atoms with van der Waals surface area (Å²) in [4.78, 5) is 39.4. The van der Waals surface area contributed by atoms with Crippen molar-refractivity contribution in [1.29, 1.82) is 0 Å². The van der Waals surface area contributed by atoms with Gasteiger partial charge in [0, 0.05) is 29.2 Å². The lowest BCUT2D eigenvalue weighted by atomic mass is 10.1. The molecule has 1 fully saturated rings. The van der Waals surface area contributed by atoms with Crippen molar-refractivity contribution in [3.05, 3.63) is 77.0 Å². The molecular formula is C25H23F3N2O5. The van der Waals surface area contributed by atoms with Crippen LogP contribution in [-0.4, -0.2) is 46.3 Å². The molecule has 0 aliphatic carbocycles. The molecule has 1 amide bonds. The van der Waals surface area contributed by atoms with Gasteiger partial charge in [-0.15, -0.1) is 0 Å². The van der Waals surface area contributed by atoms with Crippen LogP contribution >= 0.6 is 0 Å². The highest BCUT2D eigenvalue weighted by Crippen LogP contribution is 2.31. The second-order valence-electron chi connectivity index (χ2n) is 8.33. The average Bonchev–Trinajstić information content (AvgIpc) is 3.57. The normalized spacial score (nSPS) is 15.9. The van der Waals surface area contributed by atoms with Crippen LogP contribution in [0.2, 0.25) is 0 Å². The quantitative estimate of drug-likeness (QED) is 0.370. The van der Waals surface area contributed by atoms with E-state index in [1.807, 2.05) is 0 Å². The topological polar surface area (TPSA) is 81.8 Å². The van der Waals surface area contributed by atoms with Gasteiger partial charge in [-0.05, 0) is 63.1 Å². The number of hydrogen-bond acceptors (Lipinski definition) is 5. The maximum atomic E-state index is 13.1. The average molecular weight is 488 g/mol. The molecule has 0 bridgehead atoms. The van der Waals surface area contributed by atoms with Gasteiger partial charge in [0.05, 0.1) is 11.8 Å². The van der Waals surface area contributed by atoms with Crippen LogP contribution in [0.15, 0.2) is 53.1 Å². The molecule has 10 heteroatoms. The lowest BCUT2D eigenvalue weighted by Crippen LogP contribution is -2.41. The van der Waals surface area contributed by atoms with Crippen LogP contribution in [0.5, 0.6) is 0 Å². The van der Waals surface area contributed by atoms with Gasteiger partial charge >= 0.3 is 12.1 Å². The Morgan fingerprint density at radius 1 is 1.11 bits per heavy atom. The molecule has 0 spiro atoms. The van der Waals surface area contributed by atoms with Crippen molar-refractivity contribution < 1.29 is 36.7 Å². The smallest absolute Gasteiger partial charge is 0.416 e. The Morgan fingerprint density at radius 2 is 1.89 bits per heavy atom. The number of furan rings is 1. The highest BCUT2D eigenvalue weighted by Gasteiger charge is 2.37. The van der Waals surface area contributed by atoms with E-state index in [1.165, 1.54) is 29.4 Å². The number of nitrogens with zero attached hydrogens (tertiary/aromatic N) is 2. The van der Waals surface area contributed by atoms with Crippen molar-refractivity contribution in [2.24, 2.45) is 0 Å².